The van der Waals surface area contributed by atoms with E-state index in [0.717, 1.165) is 0 Å². The molecule has 1 saturated heterocycles. The Morgan fingerprint density at radius 2 is 1.87 bits per heavy atom. The third kappa shape index (κ3) is 3.80. The largest absolute Gasteiger partial charge is 0.444 e. The summed E-state index contributed by atoms with van der Waals surface area (Å²) in [5, 5.41) is 15.4. The van der Waals surface area contributed by atoms with Crippen LogP contribution in [0.3, 0.4) is 0 Å². The van der Waals surface area contributed by atoms with Gasteiger partial charge in [-0.2, -0.15) is 5.10 Å². The molecule has 1 aliphatic heterocycles. The highest BCUT2D eigenvalue weighted by molar-refractivity contribution is 5.68. The number of hydrogen-bond donors (Lipinski definition) is 0. The number of carbonyl (C=O) groups excluding carboxylic acids is 1. The van der Waals surface area contributed by atoms with Crippen LogP contribution in [0.5, 0.6) is 0 Å². The van der Waals surface area contributed by atoms with Crippen LogP contribution in [0.1, 0.15) is 51.0 Å². The zero-order valence-corrected chi connectivity index (χ0v) is 14.3. The highest BCUT2D eigenvalue weighted by Gasteiger charge is 2.31. The van der Waals surface area contributed by atoms with Gasteiger partial charge in [-0.05, 0) is 47.5 Å². The predicted molar refractivity (Wildman–Crippen MR) is 84.4 cm³/mol. The normalized spacial score (nSPS) is 16.5. The minimum atomic E-state index is -0.510. The Labute approximate surface area is 135 Å². The lowest BCUT2D eigenvalue weighted by molar-refractivity contribution is -0.386. The van der Waals surface area contributed by atoms with Gasteiger partial charge in [-0.1, -0.05) is 0 Å². The summed E-state index contributed by atoms with van der Waals surface area (Å²) in [4.78, 5) is 24.5. The van der Waals surface area contributed by atoms with Gasteiger partial charge in [-0.3, -0.25) is 14.8 Å². The Morgan fingerprint density at radius 1 is 1.30 bits per heavy atom. The van der Waals surface area contributed by atoms with Gasteiger partial charge in [0.1, 0.15) is 17.0 Å². The summed E-state index contributed by atoms with van der Waals surface area (Å²) in [7, 11) is 0. The Morgan fingerprint density at radius 3 is 2.30 bits per heavy atom. The SMILES string of the molecule is Cc1nn(C2CCN(C(=O)OC(C)(C)C)CC2)c(C)c1[N+](=O)[O-]. The van der Waals surface area contributed by atoms with Gasteiger partial charge in [0.2, 0.25) is 0 Å². The van der Waals surface area contributed by atoms with Gasteiger partial charge in [0.15, 0.2) is 0 Å². The fourth-order valence-corrected chi connectivity index (χ4v) is 2.89. The lowest BCUT2D eigenvalue weighted by Gasteiger charge is -2.33. The number of hydrogen-bond acceptors (Lipinski definition) is 5. The van der Waals surface area contributed by atoms with Crippen LogP contribution in [-0.2, 0) is 4.74 Å². The molecule has 2 rings (SSSR count). The van der Waals surface area contributed by atoms with Crippen LogP contribution in [0.25, 0.3) is 0 Å². The monoisotopic (exact) mass is 324 g/mol. The van der Waals surface area contributed by atoms with Gasteiger partial charge < -0.3 is 9.64 Å². The first kappa shape index (κ1) is 17.2. The molecule has 1 aliphatic rings. The molecule has 0 N–H and O–H groups in total. The van der Waals surface area contributed by atoms with Crippen LogP contribution in [0.4, 0.5) is 10.5 Å². The van der Waals surface area contributed by atoms with E-state index in [0.29, 0.717) is 37.3 Å². The number of aryl methyl sites for hydroxylation is 1. The van der Waals surface area contributed by atoms with Crippen molar-refractivity contribution in [3.05, 3.63) is 21.5 Å². The molecule has 128 valence electrons. The quantitative estimate of drug-likeness (QED) is 0.616. The second-order valence-corrected chi connectivity index (χ2v) is 6.92. The maximum absolute atomic E-state index is 12.1. The van der Waals surface area contributed by atoms with Crippen molar-refractivity contribution in [3.63, 3.8) is 0 Å². The van der Waals surface area contributed by atoms with E-state index in [-0.39, 0.29) is 22.7 Å². The van der Waals surface area contributed by atoms with Gasteiger partial charge >= 0.3 is 11.8 Å². The van der Waals surface area contributed by atoms with Crippen molar-refractivity contribution in [3.8, 4) is 0 Å². The van der Waals surface area contributed by atoms with Crippen LogP contribution in [0.2, 0.25) is 0 Å². The van der Waals surface area contributed by atoms with Crippen molar-refractivity contribution in [1.29, 1.82) is 0 Å². The topological polar surface area (TPSA) is 90.5 Å². The van der Waals surface area contributed by atoms with E-state index in [2.05, 4.69) is 5.10 Å². The Balaban J connectivity index is 2.04. The zero-order valence-electron chi connectivity index (χ0n) is 14.3. The average molecular weight is 324 g/mol. The summed E-state index contributed by atoms with van der Waals surface area (Å²) in [5.41, 5.74) is 0.578. The van der Waals surface area contributed by atoms with Gasteiger partial charge in [-0.25, -0.2) is 4.79 Å². The van der Waals surface area contributed by atoms with Crippen LogP contribution >= 0.6 is 0 Å². The maximum atomic E-state index is 12.1. The summed E-state index contributed by atoms with van der Waals surface area (Å²) in [5.74, 6) is 0. The van der Waals surface area contributed by atoms with Crippen LogP contribution in [0.15, 0.2) is 0 Å². The molecule has 0 atom stereocenters. The molecule has 8 heteroatoms. The van der Waals surface area contributed by atoms with E-state index in [1.807, 2.05) is 20.8 Å². The predicted octanol–water partition coefficient (Wildman–Crippen LogP) is 2.98. The lowest BCUT2D eigenvalue weighted by atomic mass is 10.1. The van der Waals surface area contributed by atoms with Crippen molar-refractivity contribution in [2.24, 2.45) is 0 Å². The second-order valence-electron chi connectivity index (χ2n) is 6.92. The van der Waals surface area contributed by atoms with Gasteiger partial charge in [0.25, 0.3) is 0 Å². The Hall–Kier alpha value is -2.12. The number of aromatic nitrogens is 2. The van der Waals surface area contributed by atoms with E-state index in [1.54, 1.807) is 23.4 Å². The minimum Gasteiger partial charge on any atom is -0.444 e. The van der Waals surface area contributed by atoms with Crippen molar-refractivity contribution >= 4 is 11.8 Å². The number of nitrogens with zero attached hydrogens (tertiary/aromatic N) is 4. The molecule has 0 bridgehead atoms. The van der Waals surface area contributed by atoms with Gasteiger partial charge in [0, 0.05) is 13.1 Å². The first-order chi connectivity index (χ1) is 10.6. The second kappa shape index (κ2) is 6.17. The smallest absolute Gasteiger partial charge is 0.410 e. The van der Waals surface area contributed by atoms with Gasteiger partial charge in [0.05, 0.1) is 11.0 Å². The molecule has 0 unspecified atom stereocenters. The van der Waals surface area contributed by atoms with E-state index >= 15 is 0 Å². The third-order valence-electron chi connectivity index (χ3n) is 3.93. The van der Waals surface area contributed by atoms with Crippen molar-refractivity contribution in [2.45, 2.75) is 59.1 Å². The molecule has 1 fully saturated rings. The van der Waals surface area contributed by atoms with Gasteiger partial charge in [-0.15, -0.1) is 0 Å². The number of rotatable bonds is 2. The summed E-state index contributed by atoms with van der Waals surface area (Å²) in [6.45, 7) is 10.0. The van der Waals surface area contributed by atoms with E-state index in [4.69, 9.17) is 4.74 Å². The molecule has 1 amide bonds. The number of piperidine rings is 1. The molecule has 1 aromatic heterocycles. The number of nitro groups is 1. The van der Waals surface area contributed by atoms with Crippen LogP contribution in [0, 0.1) is 24.0 Å². The van der Waals surface area contributed by atoms with Crippen LogP contribution in [-0.4, -0.2) is 44.4 Å². The standard InChI is InChI=1S/C15H24N4O4/c1-10-13(19(21)22)11(2)18(16-10)12-6-8-17(9-7-12)14(20)23-15(3,4)5/h12H,6-9H2,1-5H3. The molecule has 8 nitrogen and oxygen atoms in total. The van der Waals surface area contributed by atoms with E-state index < -0.39 is 5.60 Å². The number of carbonyl (C=O) groups is 1. The number of ether oxygens (including phenoxy) is 1. The van der Waals surface area contributed by atoms with Crippen molar-refractivity contribution in [1.82, 2.24) is 14.7 Å². The fraction of sp³-hybridized carbons (Fsp3) is 0.733. The van der Waals surface area contributed by atoms with E-state index in [1.165, 1.54) is 0 Å². The zero-order chi connectivity index (χ0) is 17.4. The molecule has 0 aromatic carbocycles. The maximum Gasteiger partial charge on any atom is 0.410 e. The molecular formula is C15H24N4O4. The molecule has 1 aromatic rings. The summed E-state index contributed by atoms with van der Waals surface area (Å²) < 4.78 is 7.11. The minimum absolute atomic E-state index is 0.0705. The molecule has 0 saturated carbocycles. The van der Waals surface area contributed by atoms with E-state index in [9.17, 15) is 14.9 Å². The first-order valence-electron chi connectivity index (χ1n) is 7.78. The highest BCUT2D eigenvalue weighted by Crippen LogP contribution is 2.30. The number of amides is 1. The summed E-state index contributed by atoms with van der Waals surface area (Å²) in [6, 6.07) is 0.0705. The molecule has 0 spiro atoms. The molecule has 2 heterocycles. The summed E-state index contributed by atoms with van der Waals surface area (Å²) in [6.07, 6.45) is 1.10. The lowest BCUT2D eigenvalue weighted by Crippen LogP contribution is -2.42. The van der Waals surface area contributed by atoms with Crippen LogP contribution < -0.4 is 0 Å². The molecule has 0 aliphatic carbocycles. The summed E-state index contributed by atoms with van der Waals surface area (Å²) >= 11 is 0. The molecular weight excluding hydrogens is 300 g/mol. The number of likely N-dealkylation sites (tertiary alicyclic amines) is 1. The fourth-order valence-electron chi connectivity index (χ4n) is 2.89. The molecule has 23 heavy (non-hydrogen) atoms. The molecule has 0 radical (unpaired) electrons. The third-order valence-corrected chi connectivity index (χ3v) is 3.93. The van der Waals surface area contributed by atoms with Crippen molar-refractivity contribution < 1.29 is 14.5 Å². The Kier molecular flexibility index (Phi) is 4.63. The van der Waals surface area contributed by atoms with Crippen molar-refractivity contribution in [2.75, 3.05) is 13.1 Å². The highest BCUT2D eigenvalue weighted by atomic mass is 16.6. The Bertz CT molecular complexity index is 610. The first-order valence-corrected chi connectivity index (χ1v) is 7.78. The average Bonchev–Trinajstić information content (AvgIpc) is 2.72.